The van der Waals surface area contributed by atoms with Gasteiger partial charge < -0.3 is 9.47 Å². The van der Waals surface area contributed by atoms with Gasteiger partial charge in [0.15, 0.2) is 0 Å². The van der Waals surface area contributed by atoms with Crippen molar-refractivity contribution in [2.75, 3.05) is 6.61 Å². The number of unbranched alkanes of at least 4 members (excludes halogenated alkanes) is 3. The van der Waals surface area contributed by atoms with Crippen LogP contribution in [0.1, 0.15) is 63.0 Å². The number of carbonyl (C=O) groups excluding carboxylic acids is 2. The Hall–Kier alpha value is -3.04. The Balaban J connectivity index is 2.45. The lowest BCUT2D eigenvalue weighted by Crippen LogP contribution is -2.09. The molecule has 0 aliphatic carbocycles. The van der Waals surface area contributed by atoms with E-state index in [9.17, 15) is 29.8 Å². The maximum atomic E-state index is 11.8. The van der Waals surface area contributed by atoms with Crippen LogP contribution in [-0.2, 0) is 25.7 Å². The predicted octanol–water partition coefficient (Wildman–Crippen LogP) is 4.15. The number of nitro benzene ring substituents is 2. The molecular formula is C19H26N2O8. The van der Waals surface area contributed by atoms with Crippen molar-refractivity contribution in [3.8, 4) is 0 Å². The van der Waals surface area contributed by atoms with Crippen LogP contribution in [0, 0.1) is 27.2 Å². The van der Waals surface area contributed by atoms with E-state index in [0.29, 0.717) is 6.61 Å². The van der Waals surface area contributed by atoms with Crippen LogP contribution in [0.2, 0.25) is 0 Å². The first-order valence-corrected chi connectivity index (χ1v) is 9.49. The average Bonchev–Trinajstić information content (AvgIpc) is 2.66. The van der Waals surface area contributed by atoms with Crippen LogP contribution in [0.15, 0.2) is 12.1 Å². The second-order valence-electron chi connectivity index (χ2n) is 6.56. The standard InChI is InChI=1S/C19H26N2O8/c1-3-4-5-6-10-28-18(22)8-7-9-19(23)29-13-15-11-16(20(24)25)12-17(14(15)2)21(26)27/h11-12H,3-10,13H2,1-2H3. The third-order valence-electron chi connectivity index (χ3n) is 4.29. The van der Waals surface area contributed by atoms with Crippen molar-refractivity contribution in [1.82, 2.24) is 0 Å². The lowest BCUT2D eigenvalue weighted by Gasteiger charge is -2.08. The number of hydrogen-bond donors (Lipinski definition) is 0. The van der Waals surface area contributed by atoms with Crippen molar-refractivity contribution >= 4 is 23.3 Å². The largest absolute Gasteiger partial charge is 0.466 e. The molecule has 0 aliphatic rings. The van der Waals surface area contributed by atoms with Crippen LogP contribution in [0.4, 0.5) is 11.4 Å². The number of benzene rings is 1. The minimum absolute atomic E-state index is 0.0268. The molecule has 1 rings (SSSR count). The maximum absolute atomic E-state index is 11.8. The number of carbonyl (C=O) groups is 2. The number of nitrogens with zero attached hydrogens (tertiary/aromatic N) is 2. The van der Waals surface area contributed by atoms with E-state index in [4.69, 9.17) is 9.47 Å². The molecule has 1 aromatic carbocycles. The molecule has 0 radical (unpaired) electrons. The highest BCUT2D eigenvalue weighted by molar-refractivity contribution is 5.72. The highest BCUT2D eigenvalue weighted by atomic mass is 16.6. The molecular weight excluding hydrogens is 384 g/mol. The normalized spacial score (nSPS) is 10.4. The van der Waals surface area contributed by atoms with E-state index < -0.39 is 27.2 Å². The smallest absolute Gasteiger partial charge is 0.306 e. The van der Waals surface area contributed by atoms with Gasteiger partial charge in [-0.25, -0.2) is 0 Å². The topological polar surface area (TPSA) is 139 Å². The molecule has 160 valence electrons. The molecule has 0 bridgehead atoms. The number of nitro groups is 2. The first kappa shape index (κ1) is 24.0. The molecule has 0 unspecified atom stereocenters. The van der Waals surface area contributed by atoms with E-state index in [1.165, 1.54) is 6.92 Å². The molecule has 0 spiro atoms. The lowest BCUT2D eigenvalue weighted by atomic mass is 10.1. The predicted molar refractivity (Wildman–Crippen MR) is 103 cm³/mol. The molecule has 0 fully saturated rings. The second-order valence-corrected chi connectivity index (χ2v) is 6.56. The first-order chi connectivity index (χ1) is 13.8. The maximum Gasteiger partial charge on any atom is 0.306 e. The van der Waals surface area contributed by atoms with Crippen LogP contribution >= 0.6 is 0 Å². The number of hydrogen-bond acceptors (Lipinski definition) is 8. The molecule has 10 heteroatoms. The molecule has 10 nitrogen and oxygen atoms in total. The lowest BCUT2D eigenvalue weighted by molar-refractivity contribution is -0.394. The van der Waals surface area contributed by atoms with Crippen LogP contribution in [0.3, 0.4) is 0 Å². The van der Waals surface area contributed by atoms with Gasteiger partial charge in [0.1, 0.15) is 6.61 Å². The molecule has 1 aromatic rings. The summed E-state index contributed by atoms with van der Waals surface area (Å²) < 4.78 is 10.1. The summed E-state index contributed by atoms with van der Waals surface area (Å²) in [5.41, 5.74) is -0.479. The Labute approximate surface area is 168 Å². The van der Waals surface area contributed by atoms with Crippen LogP contribution in [0.25, 0.3) is 0 Å². The van der Waals surface area contributed by atoms with Crippen molar-refractivity contribution in [2.45, 2.75) is 65.4 Å². The summed E-state index contributed by atoms with van der Waals surface area (Å²) in [4.78, 5) is 43.9. The summed E-state index contributed by atoms with van der Waals surface area (Å²) in [6.45, 7) is 3.57. The molecule has 0 N–H and O–H groups in total. The molecule has 0 heterocycles. The monoisotopic (exact) mass is 410 g/mol. The van der Waals surface area contributed by atoms with Crippen LogP contribution in [0.5, 0.6) is 0 Å². The highest BCUT2D eigenvalue weighted by Crippen LogP contribution is 2.28. The van der Waals surface area contributed by atoms with Gasteiger partial charge in [0.25, 0.3) is 11.4 Å². The molecule has 0 saturated carbocycles. The van der Waals surface area contributed by atoms with E-state index >= 15 is 0 Å². The van der Waals surface area contributed by atoms with Gasteiger partial charge in [-0.15, -0.1) is 0 Å². The molecule has 0 aromatic heterocycles. The average molecular weight is 410 g/mol. The molecule has 0 amide bonds. The van der Waals surface area contributed by atoms with Gasteiger partial charge in [0.2, 0.25) is 0 Å². The molecule has 0 saturated heterocycles. The first-order valence-electron chi connectivity index (χ1n) is 9.49. The van der Waals surface area contributed by atoms with E-state index in [2.05, 4.69) is 6.92 Å². The quantitative estimate of drug-likeness (QED) is 0.204. The molecule has 29 heavy (non-hydrogen) atoms. The number of non-ortho nitro benzene ring substituents is 1. The zero-order valence-electron chi connectivity index (χ0n) is 16.7. The zero-order valence-corrected chi connectivity index (χ0v) is 16.7. The fourth-order valence-electron chi connectivity index (χ4n) is 2.58. The fraction of sp³-hybridized carbons (Fsp3) is 0.579. The van der Waals surface area contributed by atoms with Crippen molar-refractivity contribution in [1.29, 1.82) is 0 Å². The van der Waals surface area contributed by atoms with Crippen molar-refractivity contribution in [3.05, 3.63) is 43.5 Å². The minimum atomic E-state index is -0.744. The summed E-state index contributed by atoms with van der Waals surface area (Å²) in [7, 11) is 0. The Morgan fingerprint density at radius 1 is 0.931 bits per heavy atom. The van der Waals surface area contributed by atoms with Gasteiger partial charge in [0.05, 0.1) is 22.5 Å². The third kappa shape index (κ3) is 8.67. The second kappa shape index (κ2) is 12.4. The SMILES string of the molecule is CCCCCCOC(=O)CCCC(=O)OCc1cc([N+](=O)[O-])cc([N+](=O)[O-])c1C. The zero-order chi connectivity index (χ0) is 21.8. The number of ether oxygens (including phenoxy) is 2. The van der Waals surface area contributed by atoms with Gasteiger partial charge in [0, 0.05) is 30.0 Å². The third-order valence-corrected chi connectivity index (χ3v) is 4.29. The van der Waals surface area contributed by atoms with Gasteiger partial charge >= 0.3 is 11.9 Å². The Morgan fingerprint density at radius 3 is 2.17 bits per heavy atom. The van der Waals surface area contributed by atoms with Crippen molar-refractivity contribution < 1.29 is 28.9 Å². The van der Waals surface area contributed by atoms with Gasteiger partial charge in [-0.05, 0) is 19.8 Å². The minimum Gasteiger partial charge on any atom is -0.466 e. The molecule has 0 aliphatic heterocycles. The van der Waals surface area contributed by atoms with Gasteiger partial charge in [-0.1, -0.05) is 26.2 Å². The molecule has 0 atom stereocenters. The number of esters is 2. The van der Waals surface area contributed by atoms with E-state index in [1.807, 2.05) is 0 Å². The fourth-order valence-corrected chi connectivity index (χ4v) is 2.58. The van der Waals surface area contributed by atoms with Gasteiger partial charge in [-0.3, -0.25) is 29.8 Å². The van der Waals surface area contributed by atoms with E-state index in [1.54, 1.807) is 0 Å². The summed E-state index contributed by atoms with van der Waals surface area (Å²) in [6.07, 6.45) is 4.32. The summed E-state index contributed by atoms with van der Waals surface area (Å²) in [5.74, 6) is -0.978. The number of rotatable bonds is 13. The van der Waals surface area contributed by atoms with Crippen molar-refractivity contribution in [2.24, 2.45) is 0 Å². The summed E-state index contributed by atoms with van der Waals surface area (Å²) >= 11 is 0. The van der Waals surface area contributed by atoms with Crippen LogP contribution < -0.4 is 0 Å². The Morgan fingerprint density at radius 2 is 1.59 bits per heavy atom. The van der Waals surface area contributed by atoms with Crippen LogP contribution in [-0.4, -0.2) is 28.4 Å². The van der Waals surface area contributed by atoms with E-state index in [-0.39, 0.29) is 43.0 Å². The Kier molecular flexibility index (Phi) is 10.3. The Bertz CT molecular complexity index is 748. The summed E-state index contributed by atoms with van der Waals surface area (Å²) in [6, 6.07) is 2.01. The van der Waals surface area contributed by atoms with Gasteiger partial charge in [-0.2, -0.15) is 0 Å². The van der Waals surface area contributed by atoms with E-state index in [0.717, 1.165) is 37.8 Å². The highest BCUT2D eigenvalue weighted by Gasteiger charge is 2.22. The van der Waals surface area contributed by atoms with Crippen molar-refractivity contribution in [3.63, 3.8) is 0 Å². The summed E-state index contributed by atoms with van der Waals surface area (Å²) in [5, 5.41) is 22.0.